The van der Waals surface area contributed by atoms with E-state index in [1.54, 1.807) is 0 Å². The molecule has 0 spiro atoms. The van der Waals surface area contributed by atoms with Crippen molar-refractivity contribution in [3.05, 3.63) is 24.3 Å². The highest BCUT2D eigenvalue weighted by Crippen LogP contribution is 2.29. The lowest BCUT2D eigenvalue weighted by molar-refractivity contribution is -0.131. The summed E-state index contributed by atoms with van der Waals surface area (Å²) in [6.45, 7) is 5.80. The van der Waals surface area contributed by atoms with Gasteiger partial charge in [0.25, 0.3) is 0 Å². The van der Waals surface area contributed by atoms with Crippen molar-refractivity contribution in [2.75, 3.05) is 42.9 Å². The third-order valence-electron chi connectivity index (χ3n) is 5.70. The minimum Gasteiger partial charge on any atom is -0.368 e. The second-order valence-corrected chi connectivity index (χ2v) is 7.59. The van der Waals surface area contributed by atoms with Gasteiger partial charge in [-0.15, -0.1) is 0 Å². The zero-order chi connectivity index (χ0) is 19.1. The number of piperazine rings is 1. The molecule has 0 aromatic heterocycles. The van der Waals surface area contributed by atoms with E-state index in [2.05, 4.69) is 15.5 Å². The van der Waals surface area contributed by atoms with Crippen molar-refractivity contribution < 1.29 is 9.59 Å². The fourth-order valence-corrected chi connectivity index (χ4v) is 4.09. The second-order valence-electron chi connectivity index (χ2n) is 7.59. The number of benzene rings is 1. The van der Waals surface area contributed by atoms with Crippen LogP contribution in [0.3, 0.4) is 0 Å². The van der Waals surface area contributed by atoms with Gasteiger partial charge in [0, 0.05) is 50.5 Å². The Morgan fingerprint density at radius 1 is 1.04 bits per heavy atom. The molecule has 3 amide bonds. The van der Waals surface area contributed by atoms with Gasteiger partial charge in [0.05, 0.1) is 0 Å². The average molecular weight is 373 g/mol. The number of nitrogens with one attached hydrogen (secondary N) is 2. The van der Waals surface area contributed by atoms with E-state index in [-0.39, 0.29) is 6.03 Å². The second kappa shape index (κ2) is 9.62. The lowest BCUT2D eigenvalue weighted by atomic mass is 10.0. The molecule has 0 atom stereocenters. The lowest BCUT2D eigenvalue weighted by Gasteiger charge is -2.36. The fraction of sp³-hybridized carbons (Fsp3) is 0.619. The lowest BCUT2D eigenvalue weighted by Crippen LogP contribution is -2.48. The standard InChI is InChI=1S/C21H32N4O2/c1-2-22-21(27)23-18-8-10-19(11-9-18)24-13-15-25(16-14-24)20(26)12-7-17-5-3-4-6-17/h8-11,17H,2-7,12-16H2,1H3,(H2,22,23,27). The Morgan fingerprint density at radius 2 is 1.70 bits per heavy atom. The Labute approximate surface area is 162 Å². The summed E-state index contributed by atoms with van der Waals surface area (Å²) < 4.78 is 0. The molecular weight excluding hydrogens is 340 g/mol. The van der Waals surface area contributed by atoms with E-state index < -0.39 is 0 Å². The number of amides is 3. The van der Waals surface area contributed by atoms with Gasteiger partial charge < -0.3 is 20.4 Å². The highest BCUT2D eigenvalue weighted by Gasteiger charge is 2.23. The van der Waals surface area contributed by atoms with E-state index in [9.17, 15) is 9.59 Å². The maximum Gasteiger partial charge on any atom is 0.319 e. The molecule has 1 aliphatic carbocycles. The van der Waals surface area contributed by atoms with E-state index >= 15 is 0 Å². The first-order chi connectivity index (χ1) is 13.2. The van der Waals surface area contributed by atoms with Crippen LogP contribution < -0.4 is 15.5 Å². The van der Waals surface area contributed by atoms with Crippen LogP contribution in [0.4, 0.5) is 16.2 Å². The zero-order valence-electron chi connectivity index (χ0n) is 16.4. The summed E-state index contributed by atoms with van der Waals surface area (Å²) >= 11 is 0. The Morgan fingerprint density at radius 3 is 2.33 bits per heavy atom. The van der Waals surface area contributed by atoms with Gasteiger partial charge >= 0.3 is 6.03 Å². The predicted octanol–water partition coefficient (Wildman–Crippen LogP) is 3.45. The quantitative estimate of drug-likeness (QED) is 0.804. The third-order valence-corrected chi connectivity index (χ3v) is 5.70. The van der Waals surface area contributed by atoms with Crippen molar-refractivity contribution in [1.82, 2.24) is 10.2 Å². The minimum atomic E-state index is -0.185. The van der Waals surface area contributed by atoms with Gasteiger partial charge in [0.2, 0.25) is 5.91 Å². The number of hydrogen-bond donors (Lipinski definition) is 2. The van der Waals surface area contributed by atoms with Crippen molar-refractivity contribution in [1.29, 1.82) is 0 Å². The van der Waals surface area contributed by atoms with Crippen LogP contribution in [0.15, 0.2) is 24.3 Å². The van der Waals surface area contributed by atoms with Gasteiger partial charge in [-0.1, -0.05) is 25.7 Å². The topological polar surface area (TPSA) is 64.7 Å². The Bertz CT molecular complexity index is 618. The number of hydrogen-bond acceptors (Lipinski definition) is 3. The van der Waals surface area contributed by atoms with Crippen LogP contribution in [0.2, 0.25) is 0 Å². The van der Waals surface area contributed by atoms with E-state index in [0.29, 0.717) is 18.9 Å². The molecule has 6 nitrogen and oxygen atoms in total. The molecule has 3 rings (SSSR count). The molecular formula is C21H32N4O2. The summed E-state index contributed by atoms with van der Waals surface area (Å²) in [5.74, 6) is 1.10. The first-order valence-corrected chi connectivity index (χ1v) is 10.3. The van der Waals surface area contributed by atoms with Crippen LogP contribution in [-0.2, 0) is 4.79 Å². The van der Waals surface area contributed by atoms with Crippen LogP contribution in [-0.4, -0.2) is 49.6 Å². The van der Waals surface area contributed by atoms with Crippen LogP contribution in [0.1, 0.15) is 45.4 Å². The Kier molecular flexibility index (Phi) is 6.96. The molecule has 27 heavy (non-hydrogen) atoms. The molecule has 1 aromatic carbocycles. The minimum absolute atomic E-state index is 0.185. The summed E-state index contributed by atoms with van der Waals surface area (Å²) in [5, 5.41) is 5.53. The number of urea groups is 1. The van der Waals surface area contributed by atoms with E-state index in [1.807, 2.05) is 36.1 Å². The summed E-state index contributed by atoms with van der Waals surface area (Å²) in [6.07, 6.45) is 7.09. The fourth-order valence-electron chi connectivity index (χ4n) is 4.09. The normalized spacial score (nSPS) is 17.8. The molecule has 0 unspecified atom stereocenters. The molecule has 1 saturated heterocycles. The predicted molar refractivity (Wildman–Crippen MR) is 109 cm³/mol. The Hall–Kier alpha value is -2.24. The maximum absolute atomic E-state index is 12.5. The molecule has 2 N–H and O–H groups in total. The molecule has 0 radical (unpaired) electrons. The molecule has 2 fully saturated rings. The van der Waals surface area contributed by atoms with E-state index in [4.69, 9.17) is 0 Å². The zero-order valence-corrected chi connectivity index (χ0v) is 16.4. The van der Waals surface area contributed by atoms with Crippen molar-refractivity contribution >= 4 is 23.3 Å². The average Bonchev–Trinajstić information content (AvgIpc) is 3.21. The van der Waals surface area contributed by atoms with E-state index in [1.165, 1.54) is 25.7 Å². The molecule has 0 bridgehead atoms. The summed E-state index contributed by atoms with van der Waals surface area (Å²) in [4.78, 5) is 28.4. The van der Waals surface area contributed by atoms with Crippen LogP contribution in [0.5, 0.6) is 0 Å². The van der Waals surface area contributed by atoms with Gasteiger partial charge in [0.1, 0.15) is 0 Å². The van der Waals surface area contributed by atoms with Crippen molar-refractivity contribution in [3.63, 3.8) is 0 Å². The van der Waals surface area contributed by atoms with Gasteiger partial charge in [-0.2, -0.15) is 0 Å². The summed E-state index contributed by atoms with van der Waals surface area (Å²) in [5.41, 5.74) is 1.92. The number of anilines is 2. The molecule has 148 valence electrons. The Balaban J connectivity index is 1.43. The molecule has 6 heteroatoms. The molecule has 1 aromatic rings. The number of carbonyl (C=O) groups excluding carboxylic acids is 2. The number of carbonyl (C=O) groups is 2. The van der Waals surface area contributed by atoms with Gasteiger partial charge in [0.15, 0.2) is 0 Å². The van der Waals surface area contributed by atoms with Crippen LogP contribution in [0.25, 0.3) is 0 Å². The smallest absolute Gasteiger partial charge is 0.319 e. The summed E-state index contributed by atoms with van der Waals surface area (Å²) in [7, 11) is 0. The molecule has 2 aliphatic rings. The molecule has 1 aliphatic heterocycles. The third kappa shape index (κ3) is 5.62. The first-order valence-electron chi connectivity index (χ1n) is 10.3. The largest absolute Gasteiger partial charge is 0.368 e. The highest BCUT2D eigenvalue weighted by molar-refractivity contribution is 5.89. The van der Waals surface area contributed by atoms with Crippen molar-refractivity contribution in [3.8, 4) is 0 Å². The van der Waals surface area contributed by atoms with Crippen molar-refractivity contribution in [2.45, 2.75) is 45.4 Å². The van der Waals surface area contributed by atoms with Gasteiger partial charge in [-0.05, 0) is 43.5 Å². The van der Waals surface area contributed by atoms with Crippen LogP contribution >= 0.6 is 0 Å². The van der Waals surface area contributed by atoms with Crippen molar-refractivity contribution in [2.24, 2.45) is 5.92 Å². The number of nitrogens with zero attached hydrogens (tertiary/aromatic N) is 2. The monoisotopic (exact) mass is 372 g/mol. The van der Waals surface area contributed by atoms with Crippen LogP contribution in [0, 0.1) is 5.92 Å². The molecule has 1 heterocycles. The summed E-state index contributed by atoms with van der Waals surface area (Å²) in [6, 6.07) is 7.71. The SMILES string of the molecule is CCNC(=O)Nc1ccc(N2CCN(C(=O)CCC3CCCC3)CC2)cc1. The van der Waals surface area contributed by atoms with Gasteiger partial charge in [-0.25, -0.2) is 4.79 Å². The first kappa shape index (κ1) is 19.5. The van der Waals surface area contributed by atoms with Gasteiger partial charge in [-0.3, -0.25) is 4.79 Å². The number of rotatable bonds is 6. The highest BCUT2D eigenvalue weighted by atomic mass is 16.2. The van der Waals surface area contributed by atoms with E-state index in [0.717, 1.165) is 49.9 Å². The maximum atomic E-state index is 12.5. The molecule has 1 saturated carbocycles.